The number of halogens is 1. The number of thiazole rings is 1. The summed E-state index contributed by atoms with van der Waals surface area (Å²) >= 11 is 3.06. The van der Waals surface area contributed by atoms with Crippen LogP contribution < -0.4 is 5.56 Å². The SMILES string of the molecule is O=c1c2ccccc2c(-c2cccs2)nn1Cc1csc(-c2ccc(F)cc2)n1. The van der Waals surface area contributed by atoms with Crippen LogP contribution in [0, 0.1) is 5.82 Å². The summed E-state index contributed by atoms with van der Waals surface area (Å²) in [6.07, 6.45) is 0. The van der Waals surface area contributed by atoms with Crippen LogP contribution in [-0.4, -0.2) is 14.8 Å². The highest BCUT2D eigenvalue weighted by atomic mass is 32.1. The van der Waals surface area contributed by atoms with Crippen molar-refractivity contribution in [1.29, 1.82) is 0 Å². The third kappa shape index (κ3) is 3.39. The molecular formula is C22H14FN3OS2. The summed E-state index contributed by atoms with van der Waals surface area (Å²) in [7, 11) is 0. The van der Waals surface area contributed by atoms with Gasteiger partial charge in [-0.05, 0) is 41.8 Å². The van der Waals surface area contributed by atoms with Gasteiger partial charge in [0.1, 0.15) is 16.5 Å². The molecule has 0 bridgehead atoms. The first-order chi connectivity index (χ1) is 14.2. The Kier molecular flexibility index (Phi) is 4.54. The van der Waals surface area contributed by atoms with Crippen molar-refractivity contribution in [1.82, 2.24) is 14.8 Å². The molecule has 0 unspecified atom stereocenters. The highest BCUT2D eigenvalue weighted by Gasteiger charge is 2.14. The van der Waals surface area contributed by atoms with Crippen molar-refractivity contribution >= 4 is 33.4 Å². The summed E-state index contributed by atoms with van der Waals surface area (Å²) in [6.45, 7) is 0.278. The van der Waals surface area contributed by atoms with Gasteiger partial charge in [-0.3, -0.25) is 4.79 Å². The van der Waals surface area contributed by atoms with E-state index in [-0.39, 0.29) is 17.9 Å². The van der Waals surface area contributed by atoms with E-state index in [1.807, 2.05) is 47.2 Å². The van der Waals surface area contributed by atoms with Crippen LogP contribution in [0.25, 0.3) is 31.9 Å². The molecule has 0 aliphatic rings. The first kappa shape index (κ1) is 17.9. The van der Waals surface area contributed by atoms with E-state index in [0.29, 0.717) is 5.39 Å². The van der Waals surface area contributed by atoms with Gasteiger partial charge in [-0.2, -0.15) is 5.10 Å². The van der Waals surface area contributed by atoms with Crippen LogP contribution in [0.1, 0.15) is 5.69 Å². The number of benzene rings is 2. The van der Waals surface area contributed by atoms with E-state index < -0.39 is 0 Å². The van der Waals surface area contributed by atoms with Gasteiger partial charge in [0.15, 0.2) is 0 Å². The molecule has 0 N–H and O–H groups in total. The quantitative estimate of drug-likeness (QED) is 0.390. The van der Waals surface area contributed by atoms with Gasteiger partial charge in [0.25, 0.3) is 5.56 Å². The number of hydrogen-bond donors (Lipinski definition) is 0. The molecular weight excluding hydrogens is 405 g/mol. The van der Waals surface area contributed by atoms with E-state index in [0.717, 1.165) is 32.2 Å². The van der Waals surface area contributed by atoms with Crippen molar-refractivity contribution in [3.05, 3.63) is 93.3 Å². The maximum atomic E-state index is 13.2. The summed E-state index contributed by atoms with van der Waals surface area (Å²) in [5, 5.41) is 10.8. The van der Waals surface area contributed by atoms with Crippen molar-refractivity contribution in [2.75, 3.05) is 0 Å². The second-order valence-electron chi connectivity index (χ2n) is 6.49. The summed E-state index contributed by atoms with van der Waals surface area (Å²) in [4.78, 5) is 18.6. The Balaban J connectivity index is 1.57. The van der Waals surface area contributed by atoms with Gasteiger partial charge in [-0.15, -0.1) is 22.7 Å². The largest absolute Gasteiger partial charge is 0.275 e. The average Bonchev–Trinajstić information content (AvgIpc) is 3.43. The molecule has 0 fully saturated rings. The van der Waals surface area contributed by atoms with Crippen LogP contribution in [-0.2, 0) is 6.54 Å². The zero-order chi connectivity index (χ0) is 19.8. The van der Waals surface area contributed by atoms with E-state index in [1.54, 1.807) is 23.5 Å². The fourth-order valence-electron chi connectivity index (χ4n) is 3.20. The Labute approximate surface area is 173 Å². The van der Waals surface area contributed by atoms with Crippen molar-refractivity contribution in [3.63, 3.8) is 0 Å². The van der Waals surface area contributed by atoms with E-state index in [1.165, 1.54) is 28.2 Å². The number of fused-ring (bicyclic) bond motifs is 1. The molecule has 2 aromatic carbocycles. The van der Waals surface area contributed by atoms with Crippen LogP contribution in [0.5, 0.6) is 0 Å². The number of nitrogens with zero attached hydrogens (tertiary/aromatic N) is 3. The van der Waals surface area contributed by atoms with Gasteiger partial charge in [-0.25, -0.2) is 14.1 Å². The van der Waals surface area contributed by atoms with Crippen LogP contribution in [0.4, 0.5) is 4.39 Å². The molecule has 0 spiro atoms. The smallest absolute Gasteiger partial charge is 0.267 e. The Morgan fingerprint density at radius 1 is 0.931 bits per heavy atom. The van der Waals surface area contributed by atoms with Crippen molar-refractivity contribution in [2.45, 2.75) is 6.54 Å². The fraction of sp³-hybridized carbons (Fsp3) is 0.0455. The lowest BCUT2D eigenvalue weighted by Crippen LogP contribution is -2.24. The maximum Gasteiger partial charge on any atom is 0.275 e. The molecule has 0 aliphatic heterocycles. The summed E-state index contributed by atoms with van der Waals surface area (Å²) < 4.78 is 14.6. The van der Waals surface area contributed by atoms with Crippen molar-refractivity contribution in [3.8, 4) is 21.1 Å². The third-order valence-electron chi connectivity index (χ3n) is 4.58. The molecule has 0 amide bonds. The number of hydrogen-bond acceptors (Lipinski definition) is 5. The van der Waals surface area contributed by atoms with E-state index >= 15 is 0 Å². The van der Waals surface area contributed by atoms with E-state index in [2.05, 4.69) is 10.1 Å². The first-order valence-corrected chi connectivity index (χ1v) is 10.7. The van der Waals surface area contributed by atoms with E-state index in [4.69, 9.17) is 0 Å². The van der Waals surface area contributed by atoms with Crippen LogP contribution in [0.2, 0.25) is 0 Å². The maximum absolute atomic E-state index is 13.2. The minimum atomic E-state index is -0.279. The summed E-state index contributed by atoms with van der Waals surface area (Å²) in [6, 6.07) is 17.8. The number of aromatic nitrogens is 3. The Morgan fingerprint density at radius 2 is 1.72 bits per heavy atom. The molecule has 0 radical (unpaired) electrons. The molecule has 4 nitrogen and oxygen atoms in total. The highest BCUT2D eigenvalue weighted by molar-refractivity contribution is 7.13. The fourth-order valence-corrected chi connectivity index (χ4v) is 4.74. The Morgan fingerprint density at radius 3 is 2.48 bits per heavy atom. The monoisotopic (exact) mass is 419 g/mol. The lowest BCUT2D eigenvalue weighted by Gasteiger charge is -2.09. The number of rotatable bonds is 4. The second-order valence-corrected chi connectivity index (χ2v) is 8.29. The van der Waals surface area contributed by atoms with Gasteiger partial charge in [0.2, 0.25) is 0 Å². The van der Waals surface area contributed by atoms with Gasteiger partial charge in [0.05, 0.1) is 22.5 Å². The molecule has 3 aromatic heterocycles. The molecule has 5 aromatic rings. The van der Waals surface area contributed by atoms with Gasteiger partial charge in [0, 0.05) is 16.3 Å². The molecule has 7 heteroatoms. The molecule has 3 heterocycles. The number of thiophene rings is 1. The third-order valence-corrected chi connectivity index (χ3v) is 6.39. The summed E-state index contributed by atoms with van der Waals surface area (Å²) in [5.41, 5.74) is 2.25. The molecule has 0 aliphatic carbocycles. The lowest BCUT2D eigenvalue weighted by atomic mass is 10.1. The molecule has 5 rings (SSSR count). The molecule has 0 atom stereocenters. The van der Waals surface area contributed by atoms with Crippen molar-refractivity contribution < 1.29 is 4.39 Å². The van der Waals surface area contributed by atoms with Gasteiger partial charge < -0.3 is 0 Å². The van der Waals surface area contributed by atoms with Crippen LogP contribution in [0.15, 0.2) is 76.2 Å². The molecule has 0 saturated heterocycles. The first-order valence-electron chi connectivity index (χ1n) is 8.93. The highest BCUT2D eigenvalue weighted by Crippen LogP contribution is 2.29. The molecule has 29 heavy (non-hydrogen) atoms. The predicted molar refractivity (Wildman–Crippen MR) is 116 cm³/mol. The zero-order valence-corrected chi connectivity index (χ0v) is 16.7. The molecule has 142 valence electrons. The molecule has 0 saturated carbocycles. The van der Waals surface area contributed by atoms with Crippen molar-refractivity contribution in [2.24, 2.45) is 0 Å². The Bertz CT molecular complexity index is 1360. The predicted octanol–water partition coefficient (Wildman–Crippen LogP) is 5.44. The van der Waals surface area contributed by atoms with Gasteiger partial charge >= 0.3 is 0 Å². The summed E-state index contributed by atoms with van der Waals surface area (Å²) in [5.74, 6) is -0.279. The minimum absolute atomic E-state index is 0.141. The van der Waals surface area contributed by atoms with Crippen LogP contribution >= 0.6 is 22.7 Å². The minimum Gasteiger partial charge on any atom is -0.267 e. The standard InChI is InChI=1S/C22H14FN3OS2/c23-15-9-7-14(8-10-15)21-24-16(13-29-21)12-26-22(27)18-5-2-1-4-17(18)20(25-26)19-6-3-11-28-19/h1-11,13H,12H2. The average molecular weight is 420 g/mol. The lowest BCUT2D eigenvalue weighted by molar-refractivity contribution is 0.628. The second kappa shape index (κ2) is 7.35. The van der Waals surface area contributed by atoms with Gasteiger partial charge in [-0.1, -0.05) is 24.3 Å². The normalized spacial score (nSPS) is 11.2. The zero-order valence-electron chi connectivity index (χ0n) is 15.1. The Hall–Kier alpha value is -3.16. The topological polar surface area (TPSA) is 47.8 Å². The van der Waals surface area contributed by atoms with Crippen LogP contribution in [0.3, 0.4) is 0 Å². The van der Waals surface area contributed by atoms with E-state index in [9.17, 15) is 9.18 Å².